The van der Waals surface area contributed by atoms with Crippen LogP contribution in [0.25, 0.3) is 0 Å². The number of phosphoric ester groups is 1. The summed E-state index contributed by atoms with van der Waals surface area (Å²) >= 11 is 0. The predicted molar refractivity (Wildman–Crippen MR) is 179 cm³/mol. The van der Waals surface area contributed by atoms with E-state index in [0.717, 1.165) is 28.9 Å². The van der Waals surface area contributed by atoms with Gasteiger partial charge < -0.3 is 28.9 Å². The van der Waals surface area contributed by atoms with E-state index in [1.165, 1.54) is 50.8 Å². The van der Waals surface area contributed by atoms with Gasteiger partial charge in [-0.2, -0.15) is 0 Å². The molecule has 0 bridgehead atoms. The number of nitrogens with one attached hydrogen (secondary N) is 1. The molecule has 0 radical (unpaired) electrons. The third kappa shape index (κ3) is 6.99. The van der Waals surface area contributed by atoms with E-state index in [2.05, 4.69) is 39.6 Å². The largest absolute Gasteiger partial charge is 0.756 e. The summed E-state index contributed by atoms with van der Waals surface area (Å²) in [5.74, 6) is 3.22. The van der Waals surface area contributed by atoms with E-state index >= 15 is 0 Å². The van der Waals surface area contributed by atoms with Gasteiger partial charge in [-0.25, -0.2) is 4.79 Å². The Balaban J connectivity index is 1.06. The highest BCUT2D eigenvalue weighted by atomic mass is 31.2. The summed E-state index contributed by atoms with van der Waals surface area (Å²) in [7, 11) is -4.76. The number of rotatable bonds is 11. The molecule has 270 valence electrons. The summed E-state index contributed by atoms with van der Waals surface area (Å²) in [5, 5.41) is 22.2. The Labute approximate surface area is 284 Å². The van der Waals surface area contributed by atoms with Gasteiger partial charge in [0.2, 0.25) is 0 Å². The minimum absolute atomic E-state index is 0.0296. The van der Waals surface area contributed by atoms with E-state index in [4.69, 9.17) is 13.8 Å². The minimum atomic E-state index is -4.76. The Morgan fingerprint density at radius 2 is 1.88 bits per heavy atom. The molecule has 4 aliphatic carbocycles. The fourth-order valence-electron chi connectivity index (χ4n) is 10.8. The van der Waals surface area contributed by atoms with Crippen LogP contribution in [0.3, 0.4) is 0 Å². The molecule has 11 nitrogen and oxygen atoms in total. The molecule has 1 unspecified atom stereocenters. The Kier molecular flexibility index (Phi) is 10.4. The summed E-state index contributed by atoms with van der Waals surface area (Å²) in [5.41, 5.74) is 0.00357. The van der Waals surface area contributed by atoms with Crippen molar-refractivity contribution in [2.45, 2.75) is 136 Å². The quantitative estimate of drug-likeness (QED) is 0.213. The standard InChI is InChI=1S/C36H57N2O9P/c1-21(2)7-6-8-22(3)25-9-10-26-33-27(12-15-36(25,26)5)35(4)14-11-24(17-23(35)18-29(33)40)47-48(43,44)45-20-30-28(39)19-32(46-30)38-16-13-31(41)37-34(38)42/h13,16,18,21-22,24-30,32-33,39-40H,6-12,14-15,17,19-20H2,1-5H3,(H,43,44)(H,37,41,42)/p-1/t22-,24+,25-,26+,27+,28+,29+,30-,32-,33+,35+,36-/m1/s1. The van der Waals surface area contributed by atoms with E-state index in [9.17, 15) is 29.3 Å². The normalized spacial score (nSPS) is 41.3. The highest BCUT2D eigenvalue weighted by molar-refractivity contribution is 7.45. The van der Waals surface area contributed by atoms with Crippen LogP contribution in [0.4, 0.5) is 0 Å². The molecule has 3 saturated carbocycles. The summed E-state index contributed by atoms with van der Waals surface area (Å²) < 4.78 is 30.6. The lowest BCUT2D eigenvalue weighted by Gasteiger charge is -2.59. The van der Waals surface area contributed by atoms with Crippen molar-refractivity contribution in [2.24, 2.45) is 46.3 Å². The van der Waals surface area contributed by atoms with Crippen LogP contribution in [0.1, 0.15) is 111 Å². The van der Waals surface area contributed by atoms with Gasteiger partial charge in [0.05, 0.1) is 24.9 Å². The van der Waals surface area contributed by atoms with Crippen molar-refractivity contribution in [3.05, 3.63) is 44.8 Å². The maximum absolute atomic E-state index is 13.0. The average Bonchev–Trinajstić information content (AvgIpc) is 3.55. The van der Waals surface area contributed by atoms with Gasteiger partial charge in [0, 0.05) is 18.7 Å². The predicted octanol–water partition coefficient (Wildman–Crippen LogP) is 5.07. The molecule has 0 spiro atoms. The molecular formula is C36H56N2O9P-. The summed E-state index contributed by atoms with van der Waals surface area (Å²) in [4.78, 5) is 38.6. The number of hydrogen-bond donors (Lipinski definition) is 3. The van der Waals surface area contributed by atoms with Crippen LogP contribution >= 0.6 is 7.82 Å². The van der Waals surface area contributed by atoms with Crippen molar-refractivity contribution in [1.82, 2.24) is 9.55 Å². The molecule has 5 aliphatic rings. The van der Waals surface area contributed by atoms with Crippen LogP contribution in [-0.4, -0.2) is 50.8 Å². The van der Waals surface area contributed by atoms with Crippen molar-refractivity contribution >= 4 is 7.82 Å². The fourth-order valence-corrected chi connectivity index (χ4v) is 11.7. The lowest BCUT2D eigenvalue weighted by molar-refractivity contribution is -0.233. The average molecular weight is 692 g/mol. The first-order chi connectivity index (χ1) is 22.6. The maximum atomic E-state index is 13.0. The highest BCUT2D eigenvalue weighted by Crippen LogP contribution is 2.67. The topological polar surface area (TPSA) is 163 Å². The molecule has 1 saturated heterocycles. The van der Waals surface area contributed by atoms with E-state index in [1.807, 2.05) is 6.08 Å². The Morgan fingerprint density at radius 3 is 2.60 bits per heavy atom. The molecule has 4 fully saturated rings. The number of aliphatic hydroxyl groups is 2. The third-order valence-corrected chi connectivity index (χ3v) is 14.3. The third-order valence-electron chi connectivity index (χ3n) is 13.3. The van der Waals surface area contributed by atoms with Crippen LogP contribution in [-0.2, 0) is 18.3 Å². The molecule has 6 rings (SSSR count). The van der Waals surface area contributed by atoms with Crippen LogP contribution in [0.15, 0.2) is 33.5 Å². The van der Waals surface area contributed by atoms with E-state index in [1.54, 1.807) is 0 Å². The zero-order valence-electron chi connectivity index (χ0n) is 29.2. The first-order valence-electron chi connectivity index (χ1n) is 18.3. The second-order valence-electron chi connectivity index (χ2n) is 16.6. The van der Waals surface area contributed by atoms with E-state index in [-0.39, 0.29) is 23.2 Å². The van der Waals surface area contributed by atoms with Gasteiger partial charge in [0.15, 0.2) is 0 Å². The molecule has 48 heavy (non-hydrogen) atoms. The van der Waals surface area contributed by atoms with Crippen molar-refractivity contribution < 1.29 is 33.5 Å². The van der Waals surface area contributed by atoms with Gasteiger partial charge in [-0.1, -0.05) is 65.5 Å². The molecule has 13 atom stereocenters. The van der Waals surface area contributed by atoms with Crippen molar-refractivity contribution in [1.29, 1.82) is 0 Å². The first kappa shape index (κ1) is 36.2. The molecule has 0 aromatic carbocycles. The van der Waals surface area contributed by atoms with E-state index in [0.29, 0.717) is 36.5 Å². The second kappa shape index (κ2) is 13.9. The number of ether oxygens (including phenoxy) is 1. The number of fused-ring (bicyclic) bond motifs is 5. The highest BCUT2D eigenvalue weighted by Gasteiger charge is 2.61. The van der Waals surface area contributed by atoms with Crippen LogP contribution < -0.4 is 16.1 Å². The molecule has 2 heterocycles. The molecule has 3 N–H and O–H groups in total. The Bertz CT molecular complexity index is 1510. The van der Waals surface area contributed by atoms with Crippen LogP contribution in [0, 0.1) is 46.3 Å². The molecule has 0 amide bonds. The number of aliphatic hydroxyl groups excluding tert-OH is 2. The van der Waals surface area contributed by atoms with Gasteiger partial charge in [-0.05, 0) is 91.3 Å². The monoisotopic (exact) mass is 691 g/mol. The summed E-state index contributed by atoms with van der Waals surface area (Å²) in [6.45, 7) is 11.4. The Hall–Kier alpha value is -1.59. The smallest absolute Gasteiger partial charge is 0.330 e. The maximum Gasteiger partial charge on any atom is 0.330 e. The molecule has 1 aromatic rings. The van der Waals surface area contributed by atoms with Gasteiger partial charge in [0.25, 0.3) is 13.4 Å². The second-order valence-corrected chi connectivity index (χ2v) is 17.9. The first-order valence-corrected chi connectivity index (χ1v) is 19.8. The number of aromatic nitrogens is 2. The Morgan fingerprint density at radius 1 is 1.10 bits per heavy atom. The number of aromatic amines is 1. The van der Waals surface area contributed by atoms with Crippen LogP contribution in [0.2, 0.25) is 0 Å². The van der Waals surface area contributed by atoms with Gasteiger partial charge in [-0.3, -0.25) is 18.9 Å². The molecular weight excluding hydrogens is 635 g/mol. The van der Waals surface area contributed by atoms with Crippen molar-refractivity contribution in [3.8, 4) is 0 Å². The van der Waals surface area contributed by atoms with Gasteiger partial charge in [0.1, 0.15) is 12.3 Å². The summed E-state index contributed by atoms with van der Waals surface area (Å²) in [6, 6.07) is 1.17. The zero-order valence-corrected chi connectivity index (χ0v) is 30.1. The lowest BCUT2D eigenvalue weighted by Crippen LogP contribution is -2.55. The number of hydrogen-bond acceptors (Lipinski definition) is 9. The number of H-pyrrole nitrogens is 1. The van der Waals surface area contributed by atoms with Gasteiger partial charge >= 0.3 is 5.69 Å². The van der Waals surface area contributed by atoms with Gasteiger partial charge in [-0.15, -0.1) is 0 Å². The lowest BCUT2D eigenvalue weighted by atomic mass is 9.46. The zero-order chi connectivity index (χ0) is 34.6. The van der Waals surface area contributed by atoms with Crippen molar-refractivity contribution in [2.75, 3.05) is 6.61 Å². The molecule has 1 aliphatic heterocycles. The van der Waals surface area contributed by atoms with Crippen LogP contribution in [0.5, 0.6) is 0 Å². The number of phosphoric acid groups is 1. The summed E-state index contributed by atoms with van der Waals surface area (Å²) in [6.07, 6.45) is 9.55. The SMILES string of the molecule is CC(C)CCC[C@@H](C)[C@H]1CC[C@H]2[C@@H]3[C@@H](O)C=C4C[C@@H](OP(=O)([O-])OC[C@H]5O[C@@H](n6ccc(=O)[nH]c6=O)C[C@@H]5O)CC[C@]4(C)[C@H]3CC[C@]12C. The van der Waals surface area contributed by atoms with E-state index < -0.39 is 56.3 Å². The van der Waals surface area contributed by atoms with Crippen molar-refractivity contribution in [3.63, 3.8) is 0 Å². The molecule has 12 heteroatoms. The number of nitrogens with zero attached hydrogens (tertiary/aromatic N) is 1. The molecule has 1 aromatic heterocycles. The fraction of sp³-hybridized carbons (Fsp3) is 0.833. The minimum Gasteiger partial charge on any atom is -0.756 e.